The Morgan fingerprint density at radius 1 is 1.19 bits per heavy atom. The van der Waals surface area contributed by atoms with Gasteiger partial charge in [0.05, 0.1) is 0 Å². The van der Waals surface area contributed by atoms with Crippen molar-refractivity contribution in [1.29, 1.82) is 0 Å². The Hall–Kier alpha value is -0.770. The second-order valence-electron chi connectivity index (χ2n) is 5.62. The van der Waals surface area contributed by atoms with Crippen LogP contribution < -0.4 is 17.1 Å². The van der Waals surface area contributed by atoms with Gasteiger partial charge >= 0.3 is 0 Å². The SMILES string of the molecule is CCN(CC)CC(O)COc1ccc(C(C)C)c(C)c1.[Cl-]. The molecule has 4 heteroatoms. The van der Waals surface area contributed by atoms with Gasteiger partial charge in [-0.2, -0.15) is 0 Å². The summed E-state index contributed by atoms with van der Waals surface area (Å²) < 4.78 is 5.70. The van der Waals surface area contributed by atoms with Gasteiger partial charge in [-0.25, -0.2) is 0 Å². The molecular formula is C17H29ClNO2-. The highest BCUT2D eigenvalue weighted by Gasteiger charge is 2.10. The summed E-state index contributed by atoms with van der Waals surface area (Å²) in [4.78, 5) is 2.20. The van der Waals surface area contributed by atoms with Gasteiger partial charge in [0.25, 0.3) is 0 Å². The molecule has 0 saturated heterocycles. The largest absolute Gasteiger partial charge is 1.00 e. The van der Waals surface area contributed by atoms with Crippen molar-refractivity contribution in [2.24, 2.45) is 0 Å². The monoisotopic (exact) mass is 314 g/mol. The summed E-state index contributed by atoms with van der Waals surface area (Å²) in [6, 6.07) is 6.16. The third-order valence-corrected chi connectivity index (χ3v) is 3.67. The van der Waals surface area contributed by atoms with Crippen molar-refractivity contribution >= 4 is 0 Å². The molecule has 0 radical (unpaired) electrons. The summed E-state index contributed by atoms with van der Waals surface area (Å²) in [5, 5.41) is 9.99. The number of ether oxygens (including phenoxy) is 1. The van der Waals surface area contributed by atoms with E-state index in [0.717, 1.165) is 18.8 Å². The van der Waals surface area contributed by atoms with Gasteiger partial charge in [-0.1, -0.05) is 33.8 Å². The fraction of sp³-hybridized carbons (Fsp3) is 0.647. The number of benzene rings is 1. The molecule has 1 aromatic carbocycles. The third kappa shape index (κ3) is 6.68. The van der Waals surface area contributed by atoms with Gasteiger partial charge in [0.2, 0.25) is 0 Å². The quantitative estimate of drug-likeness (QED) is 0.744. The Morgan fingerprint density at radius 3 is 2.29 bits per heavy atom. The first kappa shape index (κ1) is 20.2. The highest BCUT2D eigenvalue weighted by atomic mass is 35.5. The predicted molar refractivity (Wildman–Crippen MR) is 84.6 cm³/mol. The maximum Gasteiger partial charge on any atom is 0.119 e. The van der Waals surface area contributed by atoms with Crippen molar-refractivity contribution < 1.29 is 22.3 Å². The minimum atomic E-state index is -0.444. The van der Waals surface area contributed by atoms with Gasteiger partial charge < -0.3 is 27.2 Å². The lowest BCUT2D eigenvalue weighted by atomic mass is 9.98. The van der Waals surface area contributed by atoms with E-state index in [1.165, 1.54) is 11.1 Å². The number of hydrogen-bond donors (Lipinski definition) is 1. The van der Waals surface area contributed by atoms with Gasteiger partial charge in [0.1, 0.15) is 18.5 Å². The number of aliphatic hydroxyl groups excluding tert-OH is 1. The van der Waals surface area contributed by atoms with E-state index in [1.807, 2.05) is 6.07 Å². The summed E-state index contributed by atoms with van der Waals surface area (Å²) in [5.74, 6) is 1.36. The van der Waals surface area contributed by atoms with E-state index in [2.05, 4.69) is 51.7 Å². The van der Waals surface area contributed by atoms with Crippen LogP contribution in [0.25, 0.3) is 0 Å². The number of nitrogens with zero attached hydrogens (tertiary/aromatic N) is 1. The van der Waals surface area contributed by atoms with Gasteiger partial charge in [0, 0.05) is 6.54 Å². The standard InChI is InChI=1S/C17H29NO2.ClH/c1-6-18(7-2)11-15(19)12-20-16-8-9-17(13(3)4)14(5)10-16;/h8-10,13,15,19H,6-7,11-12H2,1-5H3;1H/p-1. The summed E-state index contributed by atoms with van der Waals surface area (Å²) in [6.07, 6.45) is -0.444. The van der Waals surface area contributed by atoms with Gasteiger partial charge in [-0.15, -0.1) is 0 Å². The van der Waals surface area contributed by atoms with Crippen molar-refractivity contribution in [2.75, 3.05) is 26.2 Å². The van der Waals surface area contributed by atoms with Crippen LogP contribution >= 0.6 is 0 Å². The molecule has 122 valence electrons. The first-order valence-corrected chi connectivity index (χ1v) is 7.61. The van der Waals surface area contributed by atoms with Crippen LogP contribution in [0.5, 0.6) is 5.75 Å². The fourth-order valence-electron chi connectivity index (χ4n) is 2.41. The van der Waals surface area contributed by atoms with E-state index in [0.29, 0.717) is 19.1 Å². The number of halogens is 1. The zero-order chi connectivity index (χ0) is 15.1. The molecule has 21 heavy (non-hydrogen) atoms. The molecule has 0 aromatic heterocycles. The van der Waals surface area contributed by atoms with Crippen LogP contribution in [0.15, 0.2) is 18.2 Å². The average molecular weight is 315 g/mol. The van der Waals surface area contributed by atoms with Gasteiger partial charge in [-0.3, -0.25) is 0 Å². The van der Waals surface area contributed by atoms with Crippen LogP contribution in [-0.4, -0.2) is 42.4 Å². The van der Waals surface area contributed by atoms with Crippen LogP contribution in [-0.2, 0) is 0 Å². The van der Waals surface area contributed by atoms with Crippen LogP contribution in [0.4, 0.5) is 0 Å². The van der Waals surface area contributed by atoms with Crippen molar-refractivity contribution in [3.05, 3.63) is 29.3 Å². The lowest BCUT2D eigenvalue weighted by Gasteiger charge is -2.22. The third-order valence-electron chi connectivity index (χ3n) is 3.67. The summed E-state index contributed by atoms with van der Waals surface area (Å²) in [5.41, 5.74) is 2.59. The van der Waals surface area contributed by atoms with Crippen LogP contribution in [0, 0.1) is 6.92 Å². The molecule has 0 saturated carbocycles. The number of aryl methyl sites for hydroxylation is 1. The highest BCUT2D eigenvalue weighted by Crippen LogP contribution is 2.23. The van der Waals surface area contributed by atoms with Gasteiger partial charge in [-0.05, 0) is 49.2 Å². The maximum atomic E-state index is 9.99. The fourth-order valence-corrected chi connectivity index (χ4v) is 2.41. The first-order chi connectivity index (χ1) is 9.47. The van der Waals surface area contributed by atoms with Crippen LogP contribution in [0.2, 0.25) is 0 Å². The molecule has 0 heterocycles. The second-order valence-corrected chi connectivity index (χ2v) is 5.62. The van der Waals surface area contributed by atoms with E-state index in [1.54, 1.807) is 0 Å². The Morgan fingerprint density at radius 2 is 1.81 bits per heavy atom. The molecule has 0 aliphatic heterocycles. The summed E-state index contributed by atoms with van der Waals surface area (Å²) in [6.45, 7) is 13.6. The van der Waals surface area contributed by atoms with Crippen molar-refractivity contribution in [1.82, 2.24) is 4.90 Å². The molecule has 0 fully saturated rings. The molecule has 0 spiro atoms. The minimum absolute atomic E-state index is 0. The van der Waals surface area contributed by atoms with Crippen molar-refractivity contribution in [3.8, 4) is 5.75 Å². The van der Waals surface area contributed by atoms with Crippen molar-refractivity contribution in [2.45, 2.75) is 46.6 Å². The van der Waals surface area contributed by atoms with E-state index < -0.39 is 6.10 Å². The summed E-state index contributed by atoms with van der Waals surface area (Å²) in [7, 11) is 0. The topological polar surface area (TPSA) is 32.7 Å². The maximum absolute atomic E-state index is 9.99. The number of rotatable bonds is 8. The van der Waals surface area contributed by atoms with E-state index >= 15 is 0 Å². The van der Waals surface area contributed by atoms with E-state index in [4.69, 9.17) is 4.74 Å². The zero-order valence-corrected chi connectivity index (χ0v) is 14.7. The average Bonchev–Trinajstić information content (AvgIpc) is 2.42. The Labute approximate surface area is 135 Å². The molecule has 0 aliphatic rings. The smallest absolute Gasteiger partial charge is 0.119 e. The predicted octanol–water partition coefficient (Wildman–Crippen LogP) is 0.204. The molecule has 1 aromatic rings. The second kappa shape index (κ2) is 10.0. The molecule has 1 N–H and O–H groups in total. The van der Waals surface area contributed by atoms with E-state index in [-0.39, 0.29) is 12.4 Å². The van der Waals surface area contributed by atoms with Crippen LogP contribution in [0.3, 0.4) is 0 Å². The number of aliphatic hydroxyl groups is 1. The Bertz CT molecular complexity index is 406. The molecule has 1 atom stereocenters. The highest BCUT2D eigenvalue weighted by molar-refractivity contribution is 5.36. The van der Waals surface area contributed by atoms with E-state index in [9.17, 15) is 5.11 Å². The molecule has 1 unspecified atom stereocenters. The molecule has 1 rings (SSSR count). The van der Waals surface area contributed by atoms with Crippen molar-refractivity contribution in [3.63, 3.8) is 0 Å². The molecule has 0 bridgehead atoms. The number of hydrogen-bond acceptors (Lipinski definition) is 3. The lowest BCUT2D eigenvalue weighted by molar-refractivity contribution is -0.00000662. The van der Waals surface area contributed by atoms with Crippen LogP contribution in [0.1, 0.15) is 44.7 Å². The first-order valence-electron chi connectivity index (χ1n) is 7.61. The number of likely N-dealkylation sites (N-methyl/N-ethyl adjacent to an activating group) is 1. The molecule has 0 aliphatic carbocycles. The molecule has 0 amide bonds. The Kier molecular flexibility index (Phi) is 9.67. The zero-order valence-electron chi connectivity index (χ0n) is 13.9. The molecule has 3 nitrogen and oxygen atoms in total. The minimum Gasteiger partial charge on any atom is -1.00 e. The lowest BCUT2D eigenvalue weighted by Crippen LogP contribution is -3.00. The normalized spacial score (nSPS) is 12.4. The van der Waals surface area contributed by atoms with Gasteiger partial charge in [0.15, 0.2) is 0 Å². The summed E-state index contributed by atoms with van der Waals surface area (Å²) >= 11 is 0. The molecular weight excluding hydrogens is 286 g/mol. The Balaban J connectivity index is 0.00000400.